The summed E-state index contributed by atoms with van der Waals surface area (Å²) in [4.78, 5) is 0. The van der Waals surface area contributed by atoms with Gasteiger partial charge in [-0.25, -0.2) is 0 Å². The third-order valence-corrected chi connectivity index (χ3v) is 17.2. The monoisotopic (exact) mass is 502 g/mol. The van der Waals surface area contributed by atoms with Gasteiger partial charge in [-0.15, -0.1) is 0 Å². The Morgan fingerprint density at radius 1 is 0.733 bits per heavy atom. The zero-order valence-electron chi connectivity index (χ0n) is 20.5. The van der Waals surface area contributed by atoms with Crippen LogP contribution in [0.25, 0.3) is 0 Å². The second-order valence-electron chi connectivity index (χ2n) is 10.2. The minimum atomic E-state index is -2.46. The Kier molecular flexibility index (Phi) is 13.5. The highest BCUT2D eigenvalue weighted by atomic mass is 28.5. The third kappa shape index (κ3) is 16.2. The van der Waals surface area contributed by atoms with Crippen molar-refractivity contribution in [1.82, 2.24) is 0 Å². The summed E-state index contributed by atoms with van der Waals surface area (Å²) in [5.74, 6) is 0. The molecule has 0 heterocycles. The van der Waals surface area contributed by atoms with Crippen LogP contribution < -0.4 is 0 Å². The van der Waals surface area contributed by atoms with Gasteiger partial charge in [0.15, 0.2) is 16.6 Å². The summed E-state index contributed by atoms with van der Waals surface area (Å²) in [6.07, 6.45) is -0.637. The lowest BCUT2D eigenvalue weighted by atomic mass is 10.4. The molecule has 0 saturated carbocycles. The van der Waals surface area contributed by atoms with Crippen LogP contribution in [0.5, 0.6) is 0 Å². The van der Waals surface area contributed by atoms with Crippen LogP contribution in [-0.4, -0.2) is 94.3 Å². The van der Waals surface area contributed by atoms with E-state index in [9.17, 15) is 10.2 Å². The smallest absolute Gasteiger partial charge is 0.315 e. The molecule has 0 aromatic heterocycles. The van der Waals surface area contributed by atoms with Gasteiger partial charge in [0, 0.05) is 6.61 Å². The number of hydrogen-bond donors (Lipinski definition) is 3. The molecule has 3 N–H and O–H groups in total. The highest BCUT2D eigenvalue weighted by Crippen LogP contribution is 2.27. The molecule has 0 saturated heterocycles. The zero-order valence-corrected chi connectivity index (χ0v) is 24.5. The molecule has 0 aliphatic rings. The molecule has 0 spiro atoms. The van der Waals surface area contributed by atoms with Crippen molar-refractivity contribution in [3.63, 3.8) is 0 Å². The summed E-state index contributed by atoms with van der Waals surface area (Å²) in [7, 11) is -8.30. The van der Waals surface area contributed by atoms with E-state index in [1.165, 1.54) is 0 Å². The molecule has 8 nitrogen and oxygen atoms in total. The van der Waals surface area contributed by atoms with Crippen molar-refractivity contribution in [2.24, 2.45) is 0 Å². The van der Waals surface area contributed by atoms with Gasteiger partial charge in [0.1, 0.15) is 12.2 Å². The number of hydrogen-bond acceptors (Lipinski definition) is 8. The van der Waals surface area contributed by atoms with Gasteiger partial charge in [-0.3, -0.25) is 0 Å². The lowest BCUT2D eigenvalue weighted by molar-refractivity contribution is -0.0642. The Balaban J connectivity index is 4.75. The lowest BCUT2D eigenvalue weighted by Gasteiger charge is -2.41. The highest BCUT2D eigenvalue weighted by Gasteiger charge is 2.44. The van der Waals surface area contributed by atoms with Gasteiger partial charge in [0.2, 0.25) is 0 Å². The number of aliphatic hydroxyl groups excluding tert-OH is 3. The molecule has 0 radical (unpaired) electrons. The fraction of sp³-hybridized carbons (Fsp3) is 1.00. The van der Waals surface area contributed by atoms with E-state index in [1.54, 1.807) is 0 Å². The number of aliphatic hydroxyl groups is 3. The molecular formula is C18H46O8Si4. The van der Waals surface area contributed by atoms with Gasteiger partial charge >= 0.3 is 17.1 Å². The minimum Gasteiger partial charge on any atom is -0.437 e. The topological polar surface area (TPSA) is 107 Å². The molecule has 0 aliphatic heterocycles. The Labute approximate surface area is 187 Å². The molecular weight excluding hydrogens is 457 g/mol. The van der Waals surface area contributed by atoms with Crippen molar-refractivity contribution >= 4 is 33.8 Å². The predicted molar refractivity (Wildman–Crippen MR) is 129 cm³/mol. The second-order valence-corrected chi connectivity index (χ2v) is 26.7. The molecule has 0 bridgehead atoms. The van der Waals surface area contributed by atoms with Gasteiger partial charge in [-0.1, -0.05) is 0 Å². The van der Waals surface area contributed by atoms with Crippen LogP contribution in [0.3, 0.4) is 0 Å². The molecule has 3 atom stereocenters. The van der Waals surface area contributed by atoms with E-state index >= 15 is 0 Å². The van der Waals surface area contributed by atoms with Crippen LogP contribution in [0.1, 0.15) is 6.42 Å². The fourth-order valence-corrected chi connectivity index (χ4v) is 21.2. The van der Waals surface area contributed by atoms with E-state index in [2.05, 4.69) is 58.9 Å². The molecule has 3 unspecified atom stereocenters. The first-order valence-corrected chi connectivity index (χ1v) is 22.9. The predicted octanol–water partition coefficient (Wildman–Crippen LogP) is 2.62. The summed E-state index contributed by atoms with van der Waals surface area (Å²) in [6, 6.07) is 0.783. The van der Waals surface area contributed by atoms with Gasteiger partial charge in [0.05, 0.1) is 26.4 Å². The average Bonchev–Trinajstić information content (AvgIpc) is 2.51. The summed E-state index contributed by atoms with van der Waals surface area (Å²) in [6.45, 7) is 19.5. The van der Waals surface area contributed by atoms with Crippen molar-refractivity contribution in [1.29, 1.82) is 0 Å². The molecule has 12 heteroatoms. The van der Waals surface area contributed by atoms with E-state index < -0.39 is 46.0 Å². The Hall–Kier alpha value is 0.548. The van der Waals surface area contributed by atoms with Crippen LogP contribution >= 0.6 is 0 Å². The Bertz CT molecular complexity index is 470. The quantitative estimate of drug-likeness (QED) is 0.206. The first-order chi connectivity index (χ1) is 13.5. The lowest BCUT2D eigenvalue weighted by Crippen LogP contribution is -2.56. The first-order valence-electron chi connectivity index (χ1n) is 10.7. The van der Waals surface area contributed by atoms with Crippen LogP contribution in [0.4, 0.5) is 0 Å². The highest BCUT2D eigenvalue weighted by molar-refractivity contribution is 6.89. The molecule has 0 aromatic carbocycles. The van der Waals surface area contributed by atoms with E-state index in [1.807, 2.05) is 0 Å². The number of rotatable bonds is 17. The van der Waals surface area contributed by atoms with E-state index in [-0.39, 0.29) is 26.4 Å². The molecule has 0 aromatic rings. The fourth-order valence-electron chi connectivity index (χ4n) is 3.23. The second kappa shape index (κ2) is 13.3. The molecule has 182 valence electrons. The third-order valence-electron chi connectivity index (χ3n) is 3.69. The zero-order chi connectivity index (χ0) is 23.6. The molecule has 0 amide bonds. The molecule has 0 fully saturated rings. The van der Waals surface area contributed by atoms with Gasteiger partial charge in [0.25, 0.3) is 0 Å². The summed E-state index contributed by atoms with van der Waals surface area (Å²) < 4.78 is 30.6. The maximum atomic E-state index is 9.46. The van der Waals surface area contributed by atoms with Crippen LogP contribution in [0.2, 0.25) is 65.0 Å². The normalized spacial score (nSPS) is 17.6. The van der Waals surface area contributed by atoms with Crippen LogP contribution in [0.15, 0.2) is 0 Å². The van der Waals surface area contributed by atoms with E-state index in [4.69, 9.17) is 26.9 Å². The maximum absolute atomic E-state index is 9.46. The summed E-state index contributed by atoms with van der Waals surface area (Å²) >= 11 is 0. The molecule has 0 rings (SSSR count). The van der Waals surface area contributed by atoms with Crippen molar-refractivity contribution < 1.29 is 37.1 Å². The van der Waals surface area contributed by atoms with Gasteiger partial charge in [-0.2, -0.15) is 0 Å². The van der Waals surface area contributed by atoms with E-state index in [0.717, 1.165) is 12.5 Å². The minimum absolute atomic E-state index is 0.00996. The number of ether oxygens (including phenoxy) is 2. The Morgan fingerprint density at radius 3 is 1.77 bits per heavy atom. The van der Waals surface area contributed by atoms with Crippen LogP contribution in [0, 0.1) is 0 Å². The molecule has 30 heavy (non-hydrogen) atoms. The van der Waals surface area contributed by atoms with Crippen LogP contribution in [-0.2, 0) is 21.8 Å². The average molecular weight is 503 g/mol. The van der Waals surface area contributed by atoms with E-state index in [0.29, 0.717) is 6.61 Å². The Morgan fingerprint density at radius 2 is 1.30 bits per heavy atom. The maximum Gasteiger partial charge on any atom is 0.315 e. The standard InChI is InChI=1S/C18H46O8Si4/c1-27(2,3)24-29(7,8)26-30(9,25-28(4,5)6)12-10-11-23-18(14-20)16-22-15-17(21)13-19/h17-21H,10-16H2,1-9H3. The van der Waals surface area contributed by atoms with Crippen molar-refractivity contribution in [2.45, 2.75) is 83.6 Å². The summed E-state index contributed by atoms with van der Waals surface area (Å²) in [5, 5.41) is 27.6. The SMILES string of the molecule is C[Si](C)(C)O[Si](C)(C)O[Si](C)(CCCOC(CO)COCC(O)CO)O[Si](C)(C)C. The van der Waals surface area contributed by atoms with Crippen molar-refractivity contribution in [3.8, 4) is 0 Å². The van der Waals surface area contributed by atoms with Gasteiger partial charge in [-0.05, 0) is 71.4 Å². The molecule has 0 aliphatic carbocycles. The first kappa shape index (κ1) is 30.5. The van der Waals surface area contributed by atoms with Gasteiger partial charge < -0.3 is 37.1 Å². The van der Waals surface area contributed by atoms with Crippen molar-refractivity contribution in [3.05, 3.63) is 0 Å². The van der Waals surface area contributed by atoms with Crippen molar-refractivity contribution in [2.75, 3.05) is 33.0 Å². The largest absolute Gasteiger partial charge is 0.437 e. The summed E-state index contributed by atoms with van der Waals surface area (Å²) in [5.41, 5.74) is 0.